The van der Waals surface area contributed by atoms with Crippen molar-refractivity contribution in [1.29, 1.82) is 0 Å². The van der Waals surface area contributed by atoms with Crippen LogP contribution in [0.15, 0.2) is 62.3 Å². The van der Waals surface area contributed by atoms with Gasteiger partial charge in [0.2, 0.25) is 0 Å². The Labute approximate surface area is 225 Å². The number of carboxylic acids is 3. The van der Waals surface area contributed by atoms with E-state index in [-0.39, 0.29) is 26.4 Å². The van der Waals surface area contributed by atoms with E-state index in [1.807, 2.05) is 0 Å². The van der Waals surface area contributed by atoms with E-state index in [0.29, 0.717) is 16.6 Å². The Morgan fingerprint density at radius 1 is 0.658 bits per heavy atom. The van der Waals surface area contributed by atoms with Gasteiger partial charge < -0.3 is 29.5 Å². The molecule has 0 heterocycles. The van der Waals surface area contributed by atoms with Crippen LogP contribution in [-0.4, -0.2) is 71.6 Å². The van der Waals surface area contributed by atoms with Gasteiger partial charge in [0.15, 0.2) is 0 Å². The summed E-state index contributed by atoms with van der Waals surface area (Å²) < 4.78 is 14.6. The smallest absolute Gasteiger partial charge is 0.333 e. The lowest BCUT2D eigenvalue weighted by Crippen LogP contribution is -2.14. The summed E-state index contributed by atoms with van der Waals surface area (Å²) in [7, 11) is 0. The maximum absolute atomic E-state index is 10.9. The molecule has 0 spiro atoms. The number of carbonyl (C=O) groups is 5. The Hall–Kier alpha value is -3.99. The lowest BCUT2D eigenvalue weighted by molar-refractivity contribution is -0.142. The molecule has 0 aromatic heterocycles. The zero-order valence-corrected chi connectivity index (χ0v) is 23.4. The first-order chi connectivity index (χ1) is 17.3. The highest BCUT2D eigenvalue weighted by molar-refractivity contribution is 5.87. The van der Waals surface area contributed by atoms with Crippen LogP contribution in [-0.2, 0) is 38.2 Å². The third kappa shape index (κ3) is 58.1. The number of hydrogen-bond donors (Lipinski definition) is 3. The van der Waals surface area contributed by atoms with Crippen LogP contribution in [0, 0.1) is 5.41 Å². The van der Waals surface area contributed by atoms with Gasteiger partial charge in [-0.2, -0.15) is 0 Å². The van der Waals surface area contributed by atoms with Gasteiger partial charge in [-0.25, -0.2) is 24.0 Å². The number of rotatable bonds is 11. The third-order valence-corrected chi connectivity index (χ3v) is 3.20. The molecular weight excluding hydrogens is 500 g/mol. The maximum atomic E-state index is 10.9. The van der Waals surface area contributed by atoms with Crippen molar-refractivity contribution >= 4 is 29.8 Å². The van der Waals surface area contributed by atoms with E-state index >= 15 is 0 Å². The van der Waals surface area contributed by atoms with Crippen molar-refractivity contribution in [3.05, 3.63) is 62.3 Å². The van der Waals surface area contributed by atoms with Crippen molar-refractivity contribution in [2.75, 3.05) is 26.4 Å². The van der Waals surface area contributed by atoms with Gasteiger partial charge in [-0.1, -0.05) is 67.0 Å². The minimum atomic E-state index is -0.981. The highest BCUT2D eigenvalue weighted by Crippen LogP contribution is 2.16. The molecule has 0 aliphatic rings. The molecule has 11 nitrogen and oxygen atoms in total. The minimum Gasteiger partial charge on any atom is -0.478 e. The number of carbonyl (C=O) groups excluding carboxylic acids is 2. The van der Waals surface area contributed by atoms with Gasteiger partial charge in [0.1, 0.15) is 13.2 Å². The van der Waals surface area contributed by atoms with Crippen LogP contribution >= 0.6 is 0 Å². The lowest BCUT2D eigenvalue weighted by Gasteiger charge is -2.12. The largest absolute Gasteiger partial charge is 0.478 e. The summed E-state index contributed by atoms with van der Waals surface area (Å²) in [6, 6.07) is 0. The number of carboxylic acid groups (broad SMARTS) is 3. The third-order valence-electron chi connectivity index (χ3n) is 3.20. The summed E-state index contributed by atoms with van der Waals surface area (Å²) >= 11 is 0. The van der Waals surface area contributed by atoms with Crippen molar-refractivity contribution in [2.45, 2.75) is 48.0 Å². The van der Waals surface area contributed by atoms with Crippen LogP contribution in [0.4, 0.5) is 0 Å². The molecule has 0 fully saturated rings. The molecule has 0 aliphatic carbocycles. The number of aliphatic carboxylic acids is 3. The van der Waals surface area contributed by atoms with Gasteiger partial charge in [0.05, 0.1) is 13.2 Å². The summed E-state index contributed by atoms with van der Waals surface area (Å²) in [6.07, 6.45) is 3.77. The van der Waals surface area contributed by atoms with Gasteiger partial charge >= 0.3 is 29.8 Å². The Morgan fingerprint density at radius 3 is 1.00 bits per heavy atom. The Bertz CT molecular complexity index is 700. The van der Waals surface area contributed by atoms with Gasteiger partial charge in [0, 0.05) is 29.4 Å². The molecule has 0 bridgehead atoms. The van der Waals surface area contributed by atoms with Crippen molar-refractivity contribution in [3.63, 3.8) is 0 Å². The maximum Gasteiger partial charge on any atom is 0.333 e. The van der Waals surface area contributed by atoms with Crippen molar-refractivity contribution in [1.82, 2.24) is 0 Å². The molecular formula is C27H44O11. The van der Waals surface area contributed by atoms with Crippen LogP contribution in [0.25, 0.3) is 0 Å². The second-order valence-electron chi connectivity index (χ2n) is 7.99. The first-order valence-electron chi connectivity index (χ1n) is 11.1. The number of esters is 2. The number of ether oxygens (including phenoxy) is 3. The molecule has 11 heteroatoms. The number of hydrogen-bond acceptors (Lipinski definition) is 8. The molecule has 0 saturated carbocycles. The fraction of sp³-hybridized carbons (Fsp3) is 0.444. The quantitative estimate of drug-likeness (QED) is 0.190. The molecule has 3 N–H and O–H groups in total. The predicted octanol–water partition coefficient (Wildman–Crippen LogP) is 4.46. The summed E-state index contributed by atoms with van der Waals surface area (Å²) in [5, 5.41) is 22.8. The molecule has 38 heavy (non-hydrogen) atoms. The normalized spacial score (nSPS) is 8.68. The summed E-state index contributed by atoms with van der Waals surface area (Å²) in [6.45, 7) is 28.6. The molecule has 218 valence electrons. The van der Waals surface area contributed by atoms with Gasteiger partial charge in [-0.15, -0.1) is 0 Å². The van der Waals surface area contributed by atoms with Crippen molar-refractivity contribution in [2.24, 2.45) is 5.41 Å². The summed E-state index contributed by atoms with van der Waals surface area (Å²) in [5.74, 6) is -3.83. The lowest BCUT2D eigenvalue weighted by atomic mass is 9.94. The summed E-state index contributed by atoms with van der Waals surface area (Å²) in [5.41, 5.74) is 1.24. The molecule has 0 saturated heterocycles. The van der Waals surface area contributed by atoms with Crippen LogP contribution in [0.3, 0.4) is 0 Å². The van der Waals surface area contributed by atoms with Crippen molar-refractivity contribution in [3.8, 4) is 0 Å². The van der Waals surface area contributed by atoms with E-state index < -0.39 is 29.8 Å². The zero-order chi connectivity index (χ0) is 31.3. The van der Waals surface area contributed by atoms with Crippen LogP contribution in [0.5, 0.6) is 0 Å². The predicted molar refractivity (Wildman–Crippen MR) is 146 cm³/mol. The van der Waals surface area contributed by atoms with E-state index in [4.69, 9.17) is 29.5 Å². The highest BCUT2D eigenvalue weighted by Gasteiger charge is 2.04. The van der Waals surface area contributed by atoms with E-state index in [9.17, 15) is 24.0 Å². The SMILES string of the molecule is C=C(C)C(=O)OCCOCCOC(=O)C(=C)C.C=CC(=O)O.C=CC(=O)O.C=CC(=O)O.CCC(C)(C)C. The first kappa shape index (κ1) is 44.0. The molecule has 0 aromatic rings. The molecule has 0 unspecified atom stereocenters. The van der Waals surface area contributed by atoms with E-state index in [2.05, 4.69) is 60.6 Å². The fourth-order valence-corrected chi connectivity index (χ4v) is 0.735. The molecule has 0 aromatic carbocycles. The van der Waals surface area contributed by atoms with Gasteiger partial charge in [-0.05, 0) is 19.3 Å². The Morgan fingerprint density at radius 2 is 0.868 bits per heavy atom. The van der Waals surface area contributed by atoms with E-state index in [0.717, 1.165) is 18.2 Å². The molecule has 0 radical (unpaired) electrons. The molecule has 0 rings (SSSR count). The standard InChI is InChI=1S/C12H18O5.C6H14.3C3H4O2/c1-9(2)11(13)16-7-5-15-6-8-17-12(14)10(3)4;1-5-6(2,3)4;3*1-2-3(4)5/h1,3,5-8H2,2,4H3;5H2,1-4H3;3*2H,1H2,(H,4,5). The second kappa shape index (κ2) is 29.2. The first-order valence-corrected chi connectivity index (χ1v) is 11.1. The van der Waals surface area contributed by atoms with Gasteiger partial charge in [-0.3, -0.25) is 0 Å². The average molecular weight is 545 g/mol. The van der Waals surface area contributed by atoms with E-state index in [1.54, 1.807) is 13.8 Å². The molecule has 0 atom stereocenters. The Balaban J connectivity index is -0.000000141. The van der Waals surface area contributed by atoms with Gasteiger partial charge in [0.25, 0.3) is 0 Å². The fourth-order valence-electron chi connectivity index (χ4n) is 0.735. The summed E-state index contributed by atoms with van der Waals surface area (Å²) in [4.78, 5) is 49.6. The van der Waals surface area contributed by atoms with Crippen LogP contribution < -0.4 is 0 Å². The monoisotopic (exact) mass is 544 g/mol. The van der Waals surface area contributed by atoms with Crippen LogP contribution in [0.2, 0.25) is 0 Å². The minimum absolute atomic E-state index is 0.153. The molecule has 0 aliphatic heterocycles. The average Bonchev–Trinajstić information content (AvgIpc) is 2.83. The second-order valence-corrected chi connectivity index (χ2v) is 7.99. The van der Waals surface area contributed by atoms with Crippen LogP contribution in [0.1, 0.15) is 48.0 Å². The zero-order valence-electron chi connectivity index (χ0n) is 23.4. The van der Waals surface area contributed by atoms with E-state index in [1.165, 1.54) is 6.42 Å². The molecule has 0 amide bonds. The van der Waals surface area contributed by atoms with Crippen molar-refractivity contribution < 1.29 is 53.5 Å². The Kier molecular flexibility index (Phi) is 33.9. The topological polar surface area (TPSA) is 174 Å². The highest BCUT2D eigenvalue weighted by atomic mass is 16.6.